The van der Waals surface area contributed by atoms with Crippen molar-refractivity contribution in [3.8, 4) is 0 Å². The molecule has 0 radical (unpaired) electrons. The Morgan fingerprint density at radius 1 is 1.35 bits per heavy atom. The van der Waals surface area contributed by atoms with Gasteiger partial charge >= 0.3 is 0 Å². The van der Waals surface area contributed by atoms with E-state index in [1.54, 1.807) is 6.20 Å². The van der Waals surface area contributed by atoms with E-state index in [0.29, 0.717) is 6.42 Å². The molecule has 0 saturated heterocycles. The monoisotopic (exact) mass is 268 g/mol. The van der Waals surface area contributed by atoms with Crippen molar-refractivity contribution in [1.29, 1.82) is 0 Å². The lowest BCUT2D eigenvalue weighted by molar-refractivity contribution is 0.0910. The van der Waals surface area contributed by atoms with E-state index in [-0.39, 0.29) is 11.2 Å². The van der Waals surface area contributed by atoms with Crippen LogP contribution in [0.4, 0.5) is 0 Å². The molecule has 0 saturated carbocycles. The fourth-order valence-corrected chi connectivity index (χ4v) is 3.10. The number of ketones is 1. The third-order valence-corrected chi connectivity index (χ3v) is 4.06. The van der Waals surface area contributed by atoms with E-state index in [1.807, 2.05) is 18.3 Å². The van der Waals surface area contributed by atoms with E-state index in [1.165, 1.54) is 11.3 Å². The number of aromatic nitrogens is 2. The Balaban J connectivity index is 2.03. The van der Waals surface area contributed by atoms with Crippen LogP contribution in [0.1, 0.15) is 47.6 Å². The summed E-state index contributed by atoms with van der Waals surface area (Å²) in [5.74, 6) is 0.282. The van der Waals surface area contributed by atoms with E-state index < -0.39 is 0 Å². The van der Waals surface area contributed by atoms with Crippen LogP contribution in [0.25, 0.3) is 0 Å². The van der Waals surface area contributed by atoms with E-state index in [2.05, 4.69) is 36.4 Å². The molecule has 104 valence electrons. The Kier molecular flexibility index (Phi) is 3.00. The van der Waals surface area contributed by atoms with Crippen molar-refractivity contribution in [3.63, 3.8) is 0 Å². The van der Waals surface area contributed by atoms with Gasteiger partial charge in [0.1, 0.15) is 0 Å². The van der Waals surface area contributed by atoms with Crippen LogP contribution < -0.4 is 0 Å². The van der Waals surface area contributed by atoms with Gasteiger partial charge in [-0.3, -0.25) is 9.78 Å². The molecule has 20 heavy (non-hydrogen) atoms. The molecule has 0 amide bonds. The molecule has 0 atom stereocenters. The highest BCUT2D eigenvalue weighted by Crippen LogP contribution is 2.36. The predicted molar refractivity (Wildman–Crippen MR) is 78.9 cm³/mol. The van der Waals surface area contributed by atoms with Crippen LogP contribution in [0.15, 0.2) is 30.6 Å². The second-order valence-electron chi connectivity index (χ2n) is 6.53. The number of nitrogens with zero attached hydrogens (tertiary/aromatic N) is 2. The van der Waals surface area contributed by atoms with Gasteiger partial charge < -0.3 is 4.57 Å². The van der Waals surface area contributed by atoms with Crippen LogP contribution in [0.5, 0.6) is 0 Å². The maximum absolute atomic E-state index is 12.3. The summed E-state index contributed by atoms with van der Waals surface area (Å²) in [4.78, 5) is 16.5. The van der Waals surface area contributed by atoms with Crippen LogP contribution in [0.2, 0.25) is 0 Å². The van der Waals surface area contributed by atoms with E-state index in [0.717, 1.165) is 24.2 Å². The minimum absolute atomic E-state index is 0.0571. The first kappa shape index (κ1) is 13.1. The summed E-state index contributed by atoms with van der Waals surface area (Å²) >= 11 is 0. The molecule has 0 fully saturated rings. The van der Waals surface area contributed by atoms with Crippen LogP contribution in [0.3, 0.4) is 0 Å². The first-order valence-electron chi connectivity index (χ1n) is 7.07. The third kappa shape index (κ3) is 2.28. The fraction of sp³-hybridized carbons (Fsp3) is 0.412. The quantitative estimate of drug-likeness (QED) is 0.836. The van der Waals surface area contributed by atoms with Crippen molar-refractivity contribution in [2.24, 2.45) is 5.41 Å². The van der Waals surface area contributed by atoms with Gasteiger partial charge in [0.2, 0.25) is 0 Å². The van der Waals surface area contributed by atoms with E-state index >= 15 is 0 Å². The number of hydrogen-bond donors (Lipinski definition) is 0. The number of carbonyl (C=O) groups excluding carboxylic acids is 1. The van der Waals surface area contributed by atoms with Crippen molar-refractivity contribution in [2.45, 2.75) is 40.2 Å². The molecule has 0 N–H and O–H groups in total. The summed E-state index contributed by atoms with van der Waals surface area (Å²) in [5.41, 5.74) is 4.50. The largest absolute Gasteiger partial charge is 0.344 e. The average molecular weight is 268 g/mol. The van der Waals surface area contributed by atoms with Crippen molar-refractivity contribution in [1.82, 2.24) is 9.55 Å². The summed E-state index contributed by atoms with van der Waals surface area (Å²) in [5, 5.41) is 0. The van der Waals surface area contributed by atoms with E-state index in [9.17, 15) is 4.79 Å². The summed E-state index contributed by atoms with van der Waals surface area (Å²) < 4.78 is 2.27. The molecular weight excluding hydrogens is 248 g/mol. The molecule has 3 rings (SSSR count). The number of fused-ring (bicyclic) bond motifs is 1. The lowest BCUT2D eigenvalue weighted by Gasteiger charge is -2.29. The normalized spacial score (nSPS) is 17.1. The molecule has 0 spiro atoms. The summed E-state index contributed by atoms with van der Waals surface area (Å²) in [6.45, 7) is 7.21. The maximum atomic E-state index is 12.3. The van der Waals surface area contributed by atoms with Crippen molar-refractivity contribution in [2.75, 3.05) is 0 Å². The molecule has 0 aliphatic heterocycles. The van der Waals surface area contributed by atoms with Crippen LogP contribution in [-0.4, -0.2) is 15.3 Å². The molecule has 0 bridgehead atoms. The van der Waals surface area contributed by atoms with Gasteiger partial charge in [-0.05, 0) is 36.5 Å². The molecule has 0 aromatic carbocycles. The van der Waals surface area contributed by atoms with Gasteiger partial charge in [-0.25, -0.2) is 0 Å². The molecule has 3 heteroatoms. The third-order valence-electron chi connectivity index (χ3n) is 4.06. The Morgan fingerprint density at radius 2 is 2.15 bits per heavy atom. The van der Waals surface area contributed by atoms with Gasteiger partial charge in [0.15, 0.2) is 5.78 Å². The lowest BCUT2D eigenvalue weighted by Crippen LogP contribution is -2.28. The molecule has 2 aromatic rings. The number of Topliss-reactive ketones (excluding diaryl/α,β-unsaturated/α-hetero) is 1. The zero-order chi connectivity index (χ0) is 14.3. The molecule has 1 aliphatic carbocycles. The predicted octanol–water partition coefficient (Wildman–Crippen LogP) is 3.39. The fourth-order valence-electron chi connectivity index (χ4n) is 3.10. The summed E-state index contributed by atoms with van der Waals surface area (Å²) in [6, 6.07) is 6.08. The van der Waals surface area contributed by atoms with Crippen LogP contribution in [-0.2, 0) is 13.0 Å². The Bertz CT molecular complexity index is 653. The van der Waals surface area contributed by atoms with Crippen molar-refractivity contribution >= 4 is 5.78 Å². The minimum atomic E-state index is 0.0571. The Hall–Kier alpha value is -1.90. The number of rotatable bonds is 2. The highest BCUT2D eigenvalue weighted by atomic mass is 16.1. The Labute approximate surface area is 119 Å². The van der Waals surface area contributed by atoms with Gasteiger partial charge in [0, 0.05) is 42.3 Å². The van der Waals surface area contributed by atoms with Gasteiger partial charge in [0.25, 0.3) is 0 Å². The van der Waals surface area contributed by atoms with Gasteiger partial charge in [-0.2, -0.15) is 0 Å². The first-order valence-corrected chi connectivity index (χ1v) is 7.07. The molecule has 2 heterocycles. The second kappa shape index (κ2) is 4.58. The van der Waals surface area contributed by atoms with Gasteiger partial charge in [-0.1, -0.05) is 19.9 Å². The first-order chi connectivity index (χ1) is 9.46. The second-order valence-corrected chi connectivity index (χ2v) is 6.53. The van der Waals surface area contributed by atoms with Crippen LogP contribution >= 0.6 is 0 Å². The van der Waals surface area contributed by atoms with Gasteiger partial charge in [-0.15, -0.1) is 0 Å². The molecule has 2 aromatic heterocycles. The number of aryl methyl sites for hydroxylation is 1. The standard InChI is InChI=1S/C17H20N2O/c1-12-7-14-15(8-17(2,3)9-16(14)20)19(12)11-13-5-4-6-18-10-13/h4-7,10H,8-9,11H2,1-3H3. The molecule has 0 unspecified atom stereocenters. The van der Waals surface area contributed by atoms with Crippen molar-refractivity contribution in [3.05, 3.63) is 53.1 Å². The van der Waals surface area contributed by atoms with Crippen LogP contribution in [0, 0.1) is 12.3 Å². The highest BCUT2D eigenvalue weighted by Gasteiger charge is 2.33. The zero-order valence-electron chi connectivity index (χ0n) is 12.3. The highest BCUT2D eigenvalue weighted by molar-refractivity contribution is 5.99. The number of hydrogen-bond acceptors (Lipinski definition) is 2. The minimum Gasteiger partial charge on any atom is -0.344 e. The number of pyridine rings is 1. The topological polar surface area (TPSA) is 34.9 Å². The van der Waals surface area contributed by atoms with Gasteiger partial charge in [0.05, 0.1) is 0 Å². The van der Waals surface area contributed by atoms with Crippen molar-refractivity contribution < 1.29 is 4.79 Å². The van der Waals surface area contributed by atoms with E-state index in [4.69, 9.17) is 0 Å². The molecule has 3 nitrogen and oxygen atoms in total. The molecular formula is C17H20N2O. The molecule has 1 aliphatic rings. The zero-order valence-corrected chi connectivity index (χ0v) is 12.3. The summed E-state index contributed by atoms with van der Waals surface area (Å²) in [7, 11) is 0. The average Bonchev–Trinajstić information content (AvgIpc) is 2.67. The summed E-state index contributed by atoms with van der Waals surface area (Å²) in [6.07, 6.45) is 5.29. The maximum Gasteiger partial charge on any atom is 0.165 e. The number of carbonyl (C=O) groups is 1. The lowest BCUT2D eigenvalue weighted by atomic mass is 9.76. The Morgan fingerprint density at radius 3 is 2.85 bits per heavy atom. The SMILES string of the molecule is Cc1cc2c(n1Cc1cccnc1)CC(C)(C)CC2=O. The smallest absolute Gasteiger partial charge is 0.165 e.